The Morgan fingerprint density at radius 2 is 2.16 bits per heavy atom. The zero-order valence-corrected chi connectivity index (χ0v) is 14.1. The van der Waals surface area contributed by atoms with Gasteiger partial charge < -0.3 is 21.6 Å². The highest BCUT2D eigenvalue weighted by atomic mass is 32.2. The van der Waals surface area contributed by atoms with Crippen LogP contribution in [-0.2, 0) is 29.5 Å². The third-order valence-corrected chi connectivity index (χ3v) is 4.62. The van der Waals surface area contributed by atoms with E-state index in [1.54, 1.807) is 0 Å². The first-order valence-electron chi connectivity index (χ1n) is 6.31. The number of amides is 3. The number of thiazole rings is 1. The Morgan fingerprint density at radius 3 is 2.60 bits per heavy atom. The summed E-state index contributed by atoms with van der Waals surface area (Å²) in [7, 11) is -3.85. The molecule has 1 aliphatic heterocycles. The minimum Gasteiger partial charge on any atom is -0.398 e. The summed E-state index contributed by atoms with van der Waals surface area (Å²) in [4.78, 5) is 43.8. The van der Waals surface area contributed by atoms with Crippen LogP contribution in [0.1, 0.15) is 5.69 Å². The van der Waals surface area contributed by atoms with Gasteiger partial charge in [-0.3, -0.25) is 18.9 Å². The molecule has 0 unspecified atom stereocenters. The number of nitrogens with one attached hydrogen (secondary N) is 1. The summed E-state index contributed by atoms with van der Waals surface area (Å²) in [6, 6.07) is -3.39. The fourth-order valence-corrected chi connectivity index (χ4v) is 3.44. The first kappa shape index (κ1) is 18.6. The van der Waals surface area contributed by atoms with Gasteiger partial charge in [-0.25, -0.2) is 4.98 Å². The van der Waals surface area contributed by atoms with E-state index in [0.717, 1.165) is 18.4 Å². The number of primary amides is 1. The van der Waals surface area contributed by atoms with E-state index < -0.39 is 40.1 Å². The molecule has 6 N–H and O–H groups in total. The van der Waals surface area contributed by atoms with Crippen LogP contribution in [0, 0.1) is 0 Å². The van der Waals surface area contributed by atoms with Crippen molar-refractivity contribution in [3.8, 4) is 0 Å². The lowest BCUT2D eigenvalue weighted by Gasteiger charge is -2.41. The summed E-state index contributed by atoms with van der Waals surface area (Å²) in [5.41, 5.74) is 10.2. The van der Waals surface area contributed by atoms with Crippen molar-refractivity contribution in [3.05, 3.63) is 11.1 Å². The molecule has 0 saturated carbocycles. The van der Waals surface area contributed by atoms with Gasteiger partial charge in [0.2, 0.25) is 5.91 Å². The monoisotopic (exact) mass is 392 g/mol. The molecule has 15 heteroatoms. The second kappa shape index (κ2) is 6.61. The number of hydrogen-bond donors (Lipinski definition) is 4. The van der Waals surface area contributed by atoms with E-state index in [4.69, 9.17) is 16.0 Å². The smallest absolute Gasteiger partial charge is 0.363 e. The topological polar surface area (TPSA) is 207 Å². The third kappa shape index (κ3) is 3.52. The van der Waals surface area contributed by atoms with Gasteiger partial charge in [-0.2, -0.15) is 12.7 Å². The van der Waals surface area contributed by atoms with Crippen molar-refractivity contribution in [2.75, 3.05) is 12.8 Å². The Morgan fingerprint density at radius 1 is 1.52 bits per heavy atom. The van der Waals surface area contributed by atoms with Gasteiger partial charge >= 0.3 is 10.3 Å². The second-order valence-corrected chi connectivity index (χ2v) is 6.78. The summed E-state index contributed by atoms with van der Waals surface area (Å²) in [6.45, 7) is 0. The van der Waals surface area contributed by atoms with Crippen LogP contribution in [0.15, 0.2) is 10.5 Å². The molecule has 25 heavy (non-hydrogen) atoms. The number of oxime groups is 1. The SMILES string of the molecule is CON=C(C(=O)N[C@H]1C(=O)N(S(=O)(=O)O)[C@H]1C(N)=O)c1csc(N)n1. The number of nitrogens with zero attached hydrogens (tertiary/aromatic N) is 3. The predicted octanol–water partition coefficient (Wildman–Crippen LogP) is -2.94. The molecule has 0 bridgehead atoms. The van der Waals surface area contributed by atoms with Crippen LogP contribution in [0.5, 0.6) is 0 Å². The van der Waals surface area contributed by atoms with Crippen molar-refractivity contribution in [2.24, 2.45) is 10.9 Å². The van der Waals surface area contributed by atoms with E-state index in [-0.39, 0.29) is 20.8 Å². The van der Waals surface area contributed by atoms with Crippen molar-refractivity contribution >= 4 is 50.2 Å². The van der Waals surface area contributed by atoms with E-state index in [0.29, 0.717) is 0 Å². The third-order valence-electron chi connectivity index (χ3n) is 3.04. The molecular weight excluding hydrogens is 380 g/mol. The Kier molecular flexibility index (Phi) is 4.91. The second-order valence-electron chi connectivity index (χ2n) is 4.60. The molecule has 0 aliphatic carbocycles. The number of carbonyl (C=O) groups excluding carboxylic acids is 3. The summed E-state index contributed by atoms with van der Waals surface area (Å²) in [5, 5.41) is 7.10. The quantitative estimate of drug-likeness (QED) is 0.169. The van der Waals surface area contributed by atoms with Crippen molar-refractivity contribution < 1.29 is 32.2 Å². The Balaban J connectivity index is 2.25. The largest absolute Gasteiger partial charge is 0.398 e. The molecule has 2 heterocycles. The molecule has 1 fully saturated rings. The van der Waals surface area contributed by atoms with Gasteiger partial charge in [-0.15, -0.1) is 11.3 Å². The number of nitrogen functional groups attached to an aromatic ring is 1. The molecule has 13 nitrogen and oxygen atoms in total. The zero-order valence-electron chi connectivity index (χ0n) is 12.4. The van der Waals surface area contributed by atoms with Gasteiger partial charge in [-0.1, -0.05) is 5.16 Å². The van der Waals surface area contributed by atoms with E-state index in [1.807, 2.05) is 0 Å². The lowest BCUT2D eigenvalue weighted by atomic mass is 9.98. The fourth-order valence-electron chi connectivity index (χ4n) is 2.04. The Bertz CT molecular complexity index is 863. The van der Waals surface area contributed by atoms with Crippen LogP contribution in [0.3, 0.4) is 0 Å². The zero-order chi connectivity index (χ0) is 18.9. The van der Waals surface area contributed by atoms with Crippen LogP contribution < -0.4 is 16.8 Å². The van der Waals surface area contributed by atoms with Gasteiger partial charge in [-0.05, 0) is 0 Å². The number of carbonyl (C=O) groups is 3. The molecule has 0 radical (unpaired) electrons. The number of hydrogen-bond acceptors (Lipinski definition) is 10. The summed E-state index contributed by atoms with van der Waals surface area (Å²) >= 11 is 1.01. The van der Waals surface area contributed by atoms with Gasteiger partial charge in [0.25, 0.3) is 11.8 Å². The van der Waals surface area contributed by atoms with Gasteiger partial charge in [0.15, 0.2) is 16.9 Å². The predicted molar refractivity (Wildman–Crippen MR) is 83.4 cm³/mol. The highest BCUT2D eigenvalue weighted by molar-refractivity contribution is 7.84. The molecular formula is C10H12N6O7S2. The standard InChI is InChI=1S/C10H12N6O7S2/c1-23-15-4(3-2-24-10(12)13-3)8(18)14-5-6(7(11)17)16(9(5)19)25(20,21)22/h2,5-6H,1H3,(H2,11,17)(H2,12,13)(H,14,18)(H,20,21,22)/t5-,6-/m1/s1. The summed E-state index contributed by atoms with van der Waals surface area (Å²) in [6.07, 6.45) is 0. The van der Waals surface area contributed by atoms with E-state index in [1.165, 1.54) is 5.38 Å². The van der Waals surface area contributed by atoms with Gasteiger partial charge in [0, 0.05) is 5.38 Å². The Hall–Kier alpha value is -2.78. The Labute approximate surface area is 144 Å². The lowest BCUT2D eigenvalue weighted by molar-refractivity contribution is -0.150. The number of rotatable bonds is 6. The highest BCUT2D eigenvalue weighted by Gasteiger charge is 2.57. The van der Waals surface area contributed by atoms with Crippen molar-refractivity contribution in [1.29, 1.82) is 0 Å². The molecule has 1 aromatic heterocycles. The molecule has 136 valence electrons. The average Bonchev–Trinajstić information content (AvgIpc) is 2.91. The van der Waals surface area contributed by atoms with E-state index >= 15 is 0 Å². The van der Waals surface area contributed by atoms with Crippen LogP contribution >= 0.6 is 11.3 Å². The maximum atomic E-state index is 12.3. The number of anilines is 1. The molecule has 1 aromatic rings. The minimum absolute atomic E-state index is 0.0379. The first-order chi connectivity index (χ1) is 11.6. The maximum absolute atomic E-state index is 12.3. The van der Waals surface area contributed by atoms with Crippen molar-refractivity contribution in [2.45, 2.75) is 12.1 Å². The first-order valence-corrected chi connectivity index (χ1v) is 8.59. The van der Waals surface area contributed by atoms with Crippen LogP contribution in [0.2, 0.25) is 0 Å². The summed E-state index contributed by atoms with van der Waals surface area (Å²) < 4.78 is 31.0. The fraction of sp³-hybridized carbons (Fsp3) is 0.300. The van der Waals surface area contributed by atoms with Crippen LogP contribution in [-0.4, -0.2) is 64.9 Å². The van der Waals surface area contributed by atoms with Gasteiger partial charge in [0.05, 0.1) is 0 Å². The van der Waals surface area contributed by atoms with Crippen LogP contribution in [0.25, 0.3) is 0 Å². The number of aromatic nitrogens is 1. The minimum atomic E-state index is -5.01. The molecule has 2 rings (SSSR count). The number of β-lactam (4-membered cyclic amide) rings is 1. The van der Waals surface area contributed by atoms with Crippen molar-refractivity contribution in [3.63, 3.8) is 0 Å². The molecule has 1 saturated heterocycles. The normalized spacial score (nSPS) is 20.8. The van der Waals surface area contributed by atoms with Gasteiger partial charge in [0.1, 0.15) is 18.8 Å². The lowest BCUT2D eigenvalue weighted by Crippen LogP contribution is -2.75. The highest BCUT2D eigenvalue weighted by Crippen LogP contribution is 2.23. The van der Waals surface area contributed by atoms with E-state index in [2.05, 4.69) is 20.3 Å². The molecule has 1 aliphatic rings. The van der Waals surface area contributed by atoms with Crippen molar-refractivity contribution in [1.82, 2.24) is 14.6 Å². The molecule has 0 aromatic carbocycles. The molecule has 2 atom stereocenters. The molecule has 3 amide bonds. The molecule has 0 spiro atoms. The maximum Gasteiger partial charge on any atom is 0.363 e. The number of nitrogens with two attached hydrogens (primary N) is 2. The average molecular weight is 392 g/mol. The summed E-state index contributed by atoms with van der Waals surface area (Å²) in [5.74, 6) is -3.48. The van der Waals surface area contributed by atoms with Crippen LogP contribution in [0.4, 0.5) is 5.13 Å². The van der Waals surface area contributed by atoms with E-state index in [9.17, 15) is 22.8 Å².